The molecule has 1 aromatic rings. The molecule has 5 heteroatoms. The molecule has 0 bridgehead atoms. The maximum atomic E-state index is 11.2. The van der Waals surface area contributed by atoms with Gasteiger partial charge in [-0.2, -0.15) is 0 Å². The first-order chi connectivity index (χ1) is 7.08. The Balaban J connectivity index is 0.00000225. The van der Waals surface area contributed by atoms with Crippen molar-refractivity contribution in [2.24, 2.45) is 0 Å². The van der Waals surface area contributed by atoms with Crippen LogP contribution in [0.1, 0.15) is 5.56 Å². The van der Waals surface area contributed by atoms with E-state index in [2.05, 4.69) is 0 Å². The van der Waals surface area contributed by atoms with Crippen molar-refractivity contribution in [2.45, 2.75) is 6.42 Å². The molecule has 16 heavy (non-hydrogen) atoms. The van der Waals surface area contributed by atoms with E-state index in [4.69, 9.17) is 5.73 Å². The Bertz CT molecular complexity index is 398. The summed E-state index contributed by atoms with van der Waals surface area (Å²) < 4.78 is 0. The summed E-state index contributed by atoms with van der Waals surface area (Å²) in [6.07, 6.45) is 1.87. The van der Waals surface area contributed by atoms with Gasteiger partial charge in [0.25, 0.3) is 0 Å². The molecule has 0 radical (unpaired) electrons. The molecule has 78 valence electrons. The average Bonchev–Trinajstić information content (AvgIpc) is 2.19. The molecule has 1 aromatic carbocycles. The molecule has 0 aliphatic heterocycles. The molecule has 0 saturated carbocycles. The number of carbonyl (C=O) groups is 2. The average molecular weight is 227 g/mol. The van der Waals surface area contributed by atoms with E-state index >= 15 is 0 Å². The van der Waals surface area contributed by atoms with Crippen molar-refractivity contribution in [3.8, 4) is 0 Å². The quantitative estimate of drug-likeness (QED) is 0.331. The smallest absolute Gasteiger partial charge is 0.545 e. The molecule has 0 aliphatic carbocycles. The van der Waals surface area contributed by atoms with Crippen LogP contribution in [0.2, 0.25) is 0 Å². The fraction of sp³-hybridized carbons (Fsp3) is 0.0909. The Morgan fingerprint density at radius 2 is 1.75 bits per heavy atom. The molecule has 2 N–H and O–H groups in total. The monoisotopic (exact) mass is 227 g/mol. The zero-order chi connectivity index (χ0) is 11.3. The number of ketones is 1. The van der Waals surface area contributed by atoms with Gasteiger partial charge in [0.15, 0.2) is 5.78 Å². The maximum absolute atomic E-state index is 11.2. The van der Waals surface area contributed by atoms with E-state index in [1.54, 1.807) is 24.3 Å². The van der Waals surface area contributed by atoms with E-state index in [1.807, 2.05) is 0 Å². The van der Waals surface area contributed by atoms with Gasteiger partial charge in [0, 0.05) is 12.1 Å². The summed E-state index contributed by atoms with van der Waals surface area (Å²) >= 11 is 0. The van der Waals surface area contributed by atoms with Crippen molar-refractivity contribution in [1.82, 2.24) is 0 Å². The number of hydrogen-bond acceptors (Lipinski definition) is 4. The molecule has 0 aliphatic rings. The van der Waals surface area contributed by atoms with E-state index < -0.39 is 5.97 Å². The van der Waals surface area contributed by atoms with Gasteiger partial charge >= 0.3 is 29.6 Å². The molecule has 0 unspecified atom stereocenters. The minimum Gasteiger partial charge on any atom is -0.545 e. The van der Waals surface area contributed by atoms with E-state index in [0.29, 0.717) is 5.69 Å². The van der Waals surface area contributed by atoms with Gasteiger partial charge in [0.2, 0.25) is 0 Å². The van der Waals surface area contributed by atoms with Crippen molar-refractivity contribution in [3.05, 3.63) is 42.0 Å². The van der Waals surface area contributed by atoms with Gasteiger partial charge in [-0.3, -0.25) is 4.79 Å². The van der Waals surface area contributed by atoms with Crippen LogP contribution >= 0.6 is 0 Å². The van der Waals surface area contributed by atoms with Crippen molar-refractivity contribution >= 4 is 17.4 Å². The fourth-order valence-electron chi connectivity index (χ4n) is 1.06. The first-order valence-corrected chi connectivity index (χ1v) is 4.34. The Morgan fingerprint density at radius 1 is 1.19 bits per heavy atom. The number of nitrogen functional groups attached to an aromatic ring is 1. The summed E-state index contributed by atoms with van der Waals surface area (Å²) in [6.45, 7) is 0. The summed E-state index contributed by atoms with van der Waals surface area (Å²) in [6, 6.07) is 6.82. The largest absolute Gasteiger partial charge is 1.00 e. The third-order valence-corrected chi connectivity index (χ3v) is 1.76. The number of rotatable bonds is 4. The Kier molecular flexibility index (Phi) is 6.72. The van der Waals surface area contributed by atoms with Crippen LogP contribution in [0.5, 0.6) is 0 Å². The Hall–Kier alpha value is -1.10. The second kappa shape index (κ2) is 7.22. The maximum Gasteiger partial charge on any atom is 1.00 e. The van der Waals surface area contributed by atoms with Crippen LogP contribution in [0.25, 0.3) is 0 Å². The first-order valence-electron chi connectivity index (χ1n) is 4.34. The SMILES string of the molecule is Nc1ccc(CC(=O)/C=C\C(=O)[O-])cc1.[Na+]. The summed E-state index contributed by atoms with van der Waals surface area (Å²) in [5, 5.41) is 10.0. The summed E-state index contributed by atoms with van der Waals surface area (Å²) in [5.41, 5.74) is 6.88. The van der Waals surface area contributed by atoms with Crippen molar-refractivity contribution in [2.75, 3.05) is 5.73 Å². The predicted octanol–water partition coefficient (Wildman–Crippen LogP) is -3.31. The molecule has 0 spiro atoms. The van der Waals surface area contributed by atoms with Crippen LogP contribution in [0, 0.1) is 0 Å². The van der Waals surface area contributed by atoms with Gasteiger partial charge in [0.1, 0.15) is 0 Å². The standard InChI is InChI=1S/C11H11NO3.Na/c12-9-3-1-8(2-4-9)7-10(13)5-6-11(14)15;/h1-6H,7,12H2,(H,14,15);/q;+1/p-1/b6-5-;. The third kappa shape index (κ3) is 5.70. The molecule has 0 amide bonds. The number of carboxylic acid groups (broad SMARTS) is 1. The molecular formula is C11H10NNaO3. The van der Waals surface area contributed by atoms with E-state index in [9.17, 15) is 14.7 Å². The number of benzene rings is 1. The summed E-state index contributed by atoms with van der Waals surface area (Å²) in [7, 11) is 0. The van der Waals surface area contributed by atoms with E-state index in [0.717, 1.165) is 17.7 Å². The molecule has 1 rings (SSSR count). The minimum absolute atomic E-state index is 0. The number of allylic oxidation sites excluding steroid dienone is 1. The van der Waals surface area contributed by atoms with Crippen LogP contribution in [-0.2, 0) is 16.0 Å². The van der Waals surface area contributed by atoms with Crippen molar-refractivity contribution in [3.63, 3.8) is 0 Å². The molecule has 0 atom stereocenters. The van der Waals surface area contributed by atoms with Crippen molar-refractivity contribution < 1.29 is 44.3 Å². The number of nitrogens with two attached hydrogens (primary N) is 1. The van der Waals surface area contributed by atoms with Crippen LogP contribution < -0.4 is 40.4 Å². The number of carbonyl (C=O) groups excluding carboxylic acids is 2. The molecule has 0 fully saturated rings. The van der Waals surface area contributed by atoms with Crippen LogP contribution in [0.4, 0.5) is 5.69 Å². The van der Waals surface area contributed by atoms with Gasteiger partial charge in [0.05, 0.1) is 5.97 Å². The zero-order valence-corrected chi connectivity index (χ0v) is 11.0. The van der Waals surface area contributed by atoms with Crippen molar-refractivity contribution in [1.29, 1.82) is 0 Å². The number of aliphatic carboxylic acids is 1. The van der Waals surface area contributed by atoms with Gasteiger partial charge in [-0.25, -0.2) is 0 Å². The first kappa shape index (κ1) is 14.9. The zero-order valence-electron chi connectivity index (χ0n) is 8.97. The second-order valence-electron chi connectivity index (χ2n) is 3.04. The Labute approximate surface area is 115 Å². The molecule has 0 saturated heterocycles. The van der Waals surface area contributed by atoms with Gasteiger partial charge in [-0.05, 0) is 29.8 Å². The summed E-state index contributed by atoms with van der Waals surface area (Å²) in [4.78, 5) is 21.2. The Morgan fingerprint density at radius 3 is 2.25 bits per heavy atom. The van der Waals surface area contributed by atoms with Gasteiger partial charge in [-0.1, -0.05) is 12.1 Å². The number of carboxylic acids is 1. The topological polar surface area (TPSA) is 83.2 Å². The van der Waals surface area contributed by atoms with E-state index in [1.165, 1.54) is 0 Å². The van der Waals surface area contributed by atoms with Crippen LogP contribution in [0.15, 0.2) is 36.4 Å². The normalized spacial score (nSPS) is 9.75. The molecular weight excluding hydrogens is 217 g/mol. The minimum atomic E-state index is -1.37. The van der Waals surface area contributed by atoms with Crippen LogP contribution in [-0.4, -0.2) is 11.8 Å². The van der Waals surface area contributed by atoms with Gasteiger partial charge < -0.3 is 15.6 Å². The molecule has 0 aromatic heterocycles. The second-order valence-corrected chi connectivity index (χ2v) is 3.04. The fourth-order valence-corrected chi connectivity index (χ4v) is 1.06. The molecule has 0 heterocycles. The molecule has 4 nitrogen and oxygen atoms in total. The summed E-state index contributed by atoms with van der Waals surface area (Å²) in [5.74, 6) is -1.66. The number of anilines is 1. The number of hydrogen-bond donors (Lipinski definition) is 1. The predicted molar refractivity (Wildman–Crippen MR) is 53.7 cm³/mol. The third-order valence-electron chi connectivity index (χ3n) is 1.76. The van der Waals surface area contributed by atoms with E-state index in [-0.39, 0.29) is 41.8 Å². The van der Waals surface area contributed by atoms with Crippen LogP contribution in [0.3, 0.4) is 0 Å². The van der Waals surface area contributed by atoms with Gasteiger partial charge in [-0.15, -0.1) is 0 Å².